The van der Waals surface area contributed by atoms with E-state index >= 15 is 0 Å². The summed E-state index contributed by atoms with van der Waals surface area (Å²) in [6, 6.07) is 8.23. The van der Waals surface area contributed by atoms with Gasteiger partial charge in [-0.15, -0.1) is 0 Å². The van der Waals surface area contributed by atoms with Gasteiger partial charge in [0.15, 0.2) is 9.84 Å². The Morgan fingerprint density at radius 3 is 2.00 bits per heavy atom. The molecule has 1 rings (SSSR count). The number of primary amides is 1. The van der Waals surface area contributed by atoms with Crippen molar-refractivity contribution in [1.29, 1.82) is 0 Å². The lowest BCUT2D eigenvalue weighted by molar-refractivity contribution is 0.205. The van der Waals surface area contributed by atoms with Crippen molar-refractivity contribution in [2.24, 2.45) is 10.9 Å². The molecule has 0 saturated heterocycles. The highest BCUT2D eigenvalue weighted by Crippen LogP contribution is 2.05. The number of carbonyl (C=O) groups is 1. The first kappa shape index (κ1) is 14.9. The van der Waals surface area contributed by atoms with Crippen molar-refractivity contribution >= 4 is 21.0 Å². The molecule has 0 radical (unpaired) electrons. The minimum atomic E-state index is -3.47. The number of hydrogen-bond donors (Lipinski definition) is 3. The molecule has 94 valence electrons. The van der Waals surface area contributed by atoms with Crippen molar-refractivity contribution in [2.75, 3.05) is 6.26 Å². The highest BCUT2D eigenvalue weighted by atomic mass is 32.2. The predicted molar refractivity (Wildman–Crippen MR) is 61.8 cm³/mol. The van der Waals surface area contributed by atoms with Crippen LogP contribution in [0.25, 0.3) is 0 Å². The molecule has 0 unspecified atom stereocenters. The van der Waals surface area contributed by atoms with Crippen LogP contribution in [0.3, 0.4) is 0 Å². The number of nitrogens with zero attached hydrogens (tertiary/aromatic N) is 1. The zero-order valence-corrected chi connectivity index (χ0v) is 9.76. The molecule has 0 heterocycles. The number of rotatable bonds is 1. The summed E-state index contributed by atoms with van der Waals surface area (Å²) in [7, 11) is -3.47. The minimum absolute atomic E-state index is 0.312. The van der Waals surface area contributed by atoms with Crippen molar-refractivity contribution in [3.05, 3.63) is 35.9 Å². The topological polar surface area (TPSA) is 130 Å². The first-order valence-corrected chi connectivity index (χ1v) is 6.14. The van der Waals surface area contributed by atoms with E-state index in [2.05, 4.69) is 10.9 Å². The molecule has 8 heteroatoms. The van der Waals surface area contributed by atoms with Gasteiger partial charge in [-0.1, -0.05) is 35.5 Å². The van der Waals surface area contributed by atoms with Crippen LogP contribution in [0.4, 0.5) is 4.79 Å². The molecule has 0 saturated carbocycles. The first-order valence-electron chi connectivity index (χ1n) is 4.25. The molecular weight excluding hydrogens is 248 g/mol. The maximum atomic E-state index is 11.1. The van der Waals surface area contributed by atoms with E-state index in [1.54, 1.807) is 30.3 Å². The Kier molecular flexibility index (Phi) is 5.69. The van der Waals surface area contributed by atoms with Gasteiger partial charge in [-0.2, -0.15) is 0 Å². The molecule has 0 fully saturated rings. The minimum Gasteiger partial charge on any atom is -0.465 e. The standard InChI is InChI=1S/C8H9NO3S.CH3NO2/c1-13(11,12)8(9-10)7-5-3-2-4-6-7;2-1(3)4/h2-6,10H,1H3;2H2,(H,3,4)/b9-8+;. The second-order valence-electron chi connectivity index (χ2n) is 2.88. The summed E-state index contributed by atoms with van der Waals surface area (Å²) in [6.07, 6.45) is -0.338. The van der Waals surface area contributed by atoms with E-state index in [-0.39, 0.29) is 5.04 Å². The normalized spacial score (nSPS) is 11.2. The van der Waals surface area contributed by atoms with Crippen LogP contribution in [0.15, 0.2) is 35.5 Å². The zero-order chi connectivity index (χ0) is 13.5. The van der Waals surface area contributed by atoms with Gasteiger partial charge in [0.25, 0.3) is 0 Å². The van der Waals surface area contributed by atoms with Crippen LogP contribution in [0, 0.1) is 0 Å². The number of carboxylic acid groups (broad SMARTS) is 1. The Morgan fingerprint density at radius 1 is 1.29 bits per heavy atom. The summed E-state index contributed by atoms with van der Waals surface area (Å²) in [5.74, 6) is 0. The molecule has 1 aromatic rings. The van der Waals surface area contributed by atoms with Crippen molar-refractivity contribution in [3.63, 3.8) is 0 Å². The third-order valence-corrected chi connectivity index (χ3v) is 2.48. The summed E-state index contributed by atoms with van der Waals surface area (Å²) < 4.78 is 22.1. The molecule has 0 aliphatic carbocycles. The van der Waals surface area contributed by atoms with Crippen LogP contribution in [-0.4, -0.2) is 36.1 Å². The summed E-state index contributed by atoms with van der Waals surface area (Å²) >= 11 is 0. The van der Waals surface area contributed by atoms with E-state index in [4.69, 9.17) is 15.1 Å². The SMILES string of the molecule is CS(=O)(=O)/C(=N/O)c1ccccc1.NC(=O)O. The third-order valence-electron chi connectivity index (χ3n) is 1.46. The average molecular weight is 260 g/mol. The fourth-order valence-corrected chi connectivity index (χ4v) is 1.64. The molecular formula is C9H12N2O5S. The lowest BCUT2D eigenvalue weighted by atomic mass is 10.2. The molecule has 0 aliphatic heterocycles. The fourth-order valence-electron chi connectivity index (χ4n) is 0.927. The number of amides is 1. The van der Waals surface area contributed by atoms with Crippen molar-refractivity contribution in [2.45, 2.75) is 0 Å². The number of oxime groups is 1. The van der Waals surface area contributed by atoms with Crippen LogP contribution in [0.2, 0.25) is 0 Å². The second kappa shape index (κ2) is 6.48. The molecule has 1 aromatic carbocycles. The van der Waals surface area contributed by atoms with Crippen LogP contribution in [0.1, 0.15) is 5.56 Å². The number of sulfone groups is 1. The molecule has 0 aromatic heterocycles. The second-order valence-corrected chi connectivity index (χ2v) is 4.81. The lowest BCUT2D eigenvalue weighted by Crippen LogP contribution is -2.14. The highest BCUT2D eigenvalue weighted by Gasteiger charge is 2.15. The molecule has 0 atom stereocenters. The Morgan fingerprint density at radius 2 is 1.71 bits per heavy atom. The van der Waals surface area contributed by atoms with Gasteiger partial charge in [0, 0.05) is 11.8 Å². The van der Waals surface area contributed by atoms with Crippen LogP contribution in [-0.2, 0) is 9.84 Å². The van der Waals surface area contributed by atoms with Gasteiger partial charge < -0.3 is 16.0 Å². The lowest BCUT2D eigenvalue weighted by Gasteiger charge is -2.00. The molecule has 4 N–H and O–H groups in total. The van der Waals surface area contributed by atoms with E-state index in [0.717, 1.165) is 6.26 Å². The third kappa shape index (κ3) is 6.15. The van der Waals surface area contributed by atoms with Gasteiger partial charge in [0.2, 0.25) is 5.04 Å². The largest absolute Gasteiger partial charge is 0.465 e. The van der Waals surface area contributed by atoms with E-state index in [1.807, 2.05) is 0 Å². The Labute approximate surface area is 98.1 Å². The first-order chi connectivity index (χ1) is 7.79. The number of hydrogen-bond acceptors (Lipinski definition) is 5. The van der Waals surface area contributed by atoms with Gasteiger partial charge in [-0.05, 0) is 0 Å². The smallest absolute Gasteiger partial charge is 0.402 e. The van der Waals surface area contributed by atoms with E-state index in [9.17, 15) is 8.42 Å². The highest BCUT2D eigenvalue weighted by molar-refractivity contribution is 8.06. The number of benzene rings is 1. The molecule has 0 spiro atoms. The molecule has 0 aliphatic rings. The van der Waals surface area contributed by atoms with Gasteiger partial charge in [-0.25, -0.2) is 13.2 Å². The summed E-state index contributed by atoms with van der Waals surface area (Å²) in [6.45, 7) is 0. The van der Waals surface area contributed by atoms with Crippen molar-refractivity contribution in [3.8, 4) is 0 Å². The maximum Gasteiger partial charge on any atom is 0.402 e. The molecule has 7 nitrogen and oxygen atoms in total. The van der Waals surface area contributed by atoms with Crippen molar-refractivity contribution < 1.29 is 23.5 Å². The van der Waals surface area contributed by atoms with E-state index in [0.29, 0.717) is 5.56 Å². The summed E-state index contributed by atoms with van der Waals surface area (Å²) in [5.41, 5.74) is 4.41. The van der Waals surface area contributed by atoms with Gasteiger partial charge in [0.1, 0.15) is 0 Å². The molecule has 1 amide bonds. The zero-order valence-electron chi connectivity index (χ0n) is 8.94. The average Bonchev–Trinajstić information content (AvgIpc) is 2.17. The Hall–Kier alpha value is -2.09. The van der Waals surface area contributed by atoms with Crippen LogP contribution >= 0.6 is 0 Å². The summed E-state index contributed by atoms with van der Waals surface area (Å²) in [4.78, 5) is 8.78. The quantitative estimate of drug-likeness (QED) is 0.293. The fraction of sp³-hybridized carbons (Fsp3) is 0.111. The molecule has 17 heavy (non-hydrogen) atoms. The Balaban J connectivity index is 0.000000557. The van der Waals surface area contributed by atoms with Gasteiger partial charge >= 0.3 is 6.09 Å². The predicted octanol–water partition coefficient (Wildman–Crippen LogP) is 0.490. The van der Waals surface area contributed by atoms with Crippen molar-refractivity contribution in [1.82, 2.24) is 0 Å². The van der Waals surface area contributed by atoms with E-state index in [1.165, 1.54) is 0 Å². The van der Waals surface area contributed by atoms with E-state index < -0.39 is 15.9 Å². The Bertz CT molecular complexity index is 491. The van der Waals surface area contributed by atoms with Gasteiger partial charge in [0.05, 0.1) is 0 Å². The summed E-state index contributed by atoms with van der Waals surface area (Å²) in [5, 5.41) is 18.2. The van der Waals surface area contributed by atoms with Crippen LogP contribution in [0.5, 0.6) is 0 Å². The molecule has 0 bridgehead atoms. The monoisotopic (exact) mass is 260 g/mol. The van der Waals surface area contributed by atoms with Crippen LogP contribution < -0.4 is 5.73 Å². The van der Waals surface area contributed by atoms with Gasteiger partial charge in [-0.3, -0.25) is 0 Å². The maximum absolute atomic E-state index is 11.1. The number of nitrogens with two attached hydrogens (primary N) is 1.